The van der Waals surface area contributed by atoms with Gasteiger partial charge in [-0.25, -0.2) is 4.39 Å². The van der Waals surface area contributed by atoms with Crippen LogP contribution in [-0.4, -0.2) is 11.7 Å². The SMILES string of the molecule is CC(=O)c1ccc[n+]([C@@H](C)C(=O)Nc2ccc(F)cc2)c1. The third-order valence-corrected chi connectivity index (χ3v) is 3.17. The molecule has 1 aromatic heterocycles. The molecule has 1 N–H and O–H groups in total. The molecular formula is C16H16FN2O2+. The van der Waals surface area contributed by atoms with Crippen LogP contribution in [0.1, 0.15) is 30.2 Å². The summed E-state index contributed by atoms with van der Waals surface area (Å²) in [4.78, 5) is 23.5. The predicted octanol–water partition coefficient (Wildman–Crippen LogP) is 2.52. The minimum absolute atomic E-state index is 0.0597. The molecule has 0 bridgehead atoms. The van der Waals surface area contributed by atoms with E-state index in [-0.39, 0.29) is 17.5 Å². The van der Waals surface area contributed by atoms with E-state index in [1.807, 2.05) is 0 Å². The lowest BCUT2D eigenvalue weighted by atomic mass is 10.2. The second-order valence-corrected chi connectivity index (χ2v) is 4.77. The maximum Gasteiger partial charge on any atom is 0.293 e. The summed E-state index contributed by atoms with van der Waals surface area (Å²) < 4.78 is 14.5. The van der Waals surface area contributed by atoms with Gasteiger partial charge in [-0.15, -0.1) is 0 Å². The first-order valence-corrected chi connectivity index (χ1v) is 6.55. The topological polar surface area (TPSA) is 50.0 Å². The molecule has 0 spiro atoms. The zero-order valence-electron chi connectivity index (χ0n) is 11.8. The Morgan fingerprint density at radius 1 is 1.19 bits per heavy atom. The van der Waals surface area contributed by atoms with Gasteiger partial charge in [0.05, 0.1) is 5.56 Å². The van der Waals surface area contributed by atoms with Gasteiger partial charge >= 0.3 is 0 Å². The number of anilines is 1. The summed E-state index contributed by atoms with van der Waals surface area (Å²) >= 11 is 0. The Bertz CT molecular complexity index is 668. The molecule has 108 valence electrons. The van der Waals surface area contributed by atoms with Crippen LogP contribution < -0.4 is 9.88 Å². The van der Waals surface area contributed by atoms with E-state index in [0.29, 0.717) is 11.3 Å². The molecule has 1 heterocycles. The molecule has 0 fully saturated rings. The molecule has 1 atom stereocenters. The van der Waals surface area contributed by atoms with Crippen molar-refractivity contribution in [2.24, 2.45) is 0 Å². The number of halogens is 1. The van der Waals surface area contributed by atoms with Gasteiger partial charge in [-0.3, -0.25) is 9.59 Å². The highest BCUT2D eigenvalue weighted by atomic mass is 19.1. The van der Waals surface area contributed by atoms with Crippen molar-refractivity contribution in [1.29, 1.82) is 0 Å². The van der Waals surface area contributed by atoms with Crippen LogP contribution in [0.15, 0.2) is 48.8 Å². The third kappa shape index (κ3) is 3.72. The van der Waals surface area contributed by atoms with Gasteiger partial charge in [0.15, 0.2) is 18.2 Å². The number of hydrogen-bond acceptors (Lipinski definition) is 2. The van der Waals surface area contributed by atoms with Crippen LogP contribution in [0, 0.1) is 5.82 Å². The average Bonchev–Trinajstić information content (AvgIpc) is 2.49. The van der Waals surface area contributed by atoms with E-state index in [2.05, 4.69) is 5.32 Å². The normalized spacial score (nSPS) is 11.8. The smallest absolute Gasteiger partial charge is 0.293 e. The van der Waals surface area contributed by atoms with Crippen LogP contribution in [0.2, 0.25) is 0 Å². The monoisotopic (exact) mass is 287 g/mol. The Morgan fingerprint density at radius 3 is 2.48 bits per heavy atom. The van der Waals surface area contributed by atoms with Crippen molar-refractivity contribution < 1.29 is 18.5 Å². The molecule has 2 aromatic rings. The van der Waals surface area contributed by atoms with Crippen LogP contribution in [0.5, 0.6) is 0 Å². The number of aromatic nitrogens is 1. The van der Waals surface area contributed by atoms with Gasteiger partial charge in [-0.1, -0.05) is 0 Å². The minimum atomic E-state index is -0.491. The van der Waals surface area contributed by atoms with Crippen molar-refractivity contribution in [2.45, 2.75) is 19.9 Å². The van der Waals surface area contributed by atoms with Crippen molar-refractivity contribution in [3.63, 3.8) is 0 Å². The number of hydrogen-bond donors (Lipinski definition) is 1. The van der Waals surface area contributed by atoms with Crippen LogP contribution in [0.25, 0.3) is 0 Å². The highest BCUT2D eigenvalue weighted by Crippen LogP contribution is 2.10. The fraction of sp³-hybridized carbons (Fsp3) is 0.188. The molecule has 0 saturated carbocycles. The van der Waals surface area contributed by atoms with E-state index in [4.69, 9.17) is 0 Å². The molecule has 2 rings (SSSR count). The largest absolute Gasteiger partial charge is 0.320 e. The second-order valence-electron chi connectivity index (χ2n) is 4.77. The summed E-state index contributed by atoms with van der Waals surface area (Å²) in [5, 5.41) is 2.70. The molecule has 21 heavy (non-hydrogen) atoms. The van der Waals surface area contributed by atoms with Gasteiger partial charge in [-0.2, -0.15) is 4.57 Å². The first-order chi connectivity index (χ1) is 9.97. The van der Waals surface area contributed by atoms with Crippen molar-refractivity contribution in [3.05, 3.63) is 60.2 Å². The number of pyridine rings is 1. The second kappa shape index (κ2) is 6.26. The number of carbonyl (C=O) groups is 2. The van der Waals surface area contributed by atoms with Gasteiger partial charge in [0.25, 0.3) is 5.91 Å². The summed E-state index contributed by atoms with van der Waals surface area (Å²) in [5.74, 6) is -0.660. The minimum Gasteiger partial charge on any atom is -0.320 e. The molecule has 4 nitrogen and oxygen atoms in total. The number of amides is 1. The van der Waals surface area contributed by atoms with Crippen molar-refractivity contribution in [2.75, 3.05) is 5.32 Å². The Hall–Kier alpha value is -2.56. The molecule has 5 heteroatoms. The molecular weight excluding hydrogens is 271 g/mol. The summed E-state index contributed by atoms with van der Waals surface area (Å²) in [6.45, 7) is 3.20. The van der Waals surface area contributed by atoms with Gasteiger partial charge in [0.1, 0.15) is 5.82 Å². The highest BCUT2D eigenvalue weighted by Gasteiger charge is 2.22. The van der Waals surface area contributed by atoms with E-state index >= 15 is 0 Å². The number of nitrogens with one attached hydrogen (secondary N) is 1. The van der Waals surface area contributed by atoms with Gasteiger partial charge < -0.3 is 5.32 Å². The summed E-state index contributed by atoms with van der Waals surface area (Å²) in [5.41, 5.74) is 1.07. The fourth-order valence-corrected chi connectivity index (χ4v) is 1.86. The zero-order valence-corrected chi connectivity index (χ0v) is 11.8. The Labute approximate surface area is 122 Å². The first-order valence-electron chi connectivity index (χ1n) is 6.55. The number of Topliss-reactive ketones (excluding diaryl/α,β-unsaturated/α-hetero) is 1. The van der Waals surface area contributed by atoms with E-state index in [1.54, 1.807) is 36.0 Å². The maximum absolute atomic E-state index is 12.8. The van der Waals surface area contributed by atoms with Crippen molar-refractivity contribution in [1.82, 2.24) is 0 Å². The fourth-order valence-electron chi connectivity index (χ4n) is 1.86. The molecule has 0 saturated heterocycles. The van der Waals surface area contributed by atoms with Gasteiger partial charge in [0.2, 0.25) is 6.04 Å². The standard InChI is InChI=1S/C16H15FN2O2/c1-11(19-9-3-4-13(10-19)12(2)20)16(21)18-15-7-5-14(17)6-8-15/h3-11H,1-2H3/p+1/t11-/m0/s1. The molecule has 0 unspecified atom stereocenters. The lowest BCUT2D eigenvalue weighted by Gasteiger charge is -2.09. The molecule has 0 aliphatic heterocycles. The van der Waals surface area contributed by atoms with Crippen LogP contribution in [-0.2, 0) is 4.79 Å². The third-order valence-electron chi connectivity index (χ3n) is 3.17. The van der Waals surface area contributed by atoms with E-state index in [0.717, 1.165) is 0 Å². The van der Waals surface area contributed by atoms with Crippen molar-refractivity contribution >= 4 is 17.4 Å². The molecule has 0 aliphatic rings. The van der Waals surface area contributed by atoms with Crippen LogP contribution >= 0.6 is 0 Å². The number of benzene rings is 1. The van der Waals surface area contributed by atoms with Crippen LogP contribution in [0.3, 0.4) is 0 Å². The number of rotatable bonds is 4. The lowest BCUT2D eigenvalue weighted by Crippen LogP contribution is -2.44. The number of ketones is 1. The van der Waals surface area contributed by atoms with Crippen LogP contribution in [0.4, 0.5) is 10.1 Å². The van der Waals surface area contributed by atoms with Gasteiger partial charge in [0, 0.05) is 18.7 Å². The predicted molar refractivity (Wildman–Crippen MR) is 76.4 cm³/mol. The lowest BCUT2D eigenvalue weighted by molar-refractivity contribution is -0.705. The quantitative estimate of drug-likeness (QED) is 0.694. The Balaban J connectivity index is 2.13. The zero-order chi connectivity index (χ0) is 15.4. The number of nitrogens with zero attached hydrogens (tertiary/aromatic N) is 1. The summed E-state index contributed by atoms with van der Waals surface area (Å²) in [7, 11) is 0. The van der Waals surface area contributed by atoms with Crippen molar-refractivity contribution in [3.8, 4) is 0 Å². The summed E-state index contributed by atoms with van der Waals surface area (Å²) in [6, 6.07) is 8.48. The van der Waals surface area contributed by atoms with E-state index in [9.17, 15) is 14.0 Å². The Morgan fingerprint density at radius 2 is 1.86 bits per heavy atom. The molecule has 0 aliphatic carbocycles. The molecule has 1 amide bonds. The summed E-state index contributed by atoms with van der Waals surface area (Å²) in [6.07, 6.45) is 3.36. The Kier molecular flexibility index (Phi) is 4.42. The average molecular weight is 287 g/mol. The van der Waals surface area contributed by atoms with E-state index < -0.39 is 6.04 Å². The van der Waals surface area contributed by atoms with Gasteiger partial charge in [-0.05, 0) is 37.3 Å². The molecule has 1 aromatic carbocycles. The number of carbonyl (C=O) groups excluding carboxylic acids is 2. The first kappa shape index (κ1) is 14.8. The molecule has 0 radical (unpaired) electrons. The maximum atomic E-state index is 12.8. The highest BCUT2D eigenvalue weighted by molar-refractivity contribution is 5.94. The van der Waals surface area contributed by atoms with E-state index in [1.165, 1.54) is 31.2 Å².